The van der Waals surface area contributed by atoms with Crippen LogP contribution in [0.3, 0.4) is 0 Å². The van der Waals surface area contributed by atoms with Crippen molar-refractivity contribution in [2.24, 2.45) is 4.99 Å². The van der Waals surface area contributed by atoms with Crippen LogP contribution in [0.4, 0.5) is 10.1 Å². The Morgan fingerprint density at radius 1 is 1.06 bits per heavy atom. The van der Waals surface area contributed by atoms with Gasteiger partial charge in [-0.2, -0.15) is 0 Å². The Balaban J connectivity index is 0.00000512. The minimum absolute atomic E-state index is 0. The van der Waals surface area contributed by atoms with Crippen LogP contribution in [0.5, 0.6) is 0 Å². The summed E-state index contributed by atoms with van der Waals surface area (Å²) in [5, 5.41) is 6.47. The van der Waals surface area contributed by atoms with Crippen molar-refractivity contribution >= 4 is 45.5 Å². The first kappa shape index (κ1) is 28.2. The van der Waals surface area contributed by atoms with Gasteiger partial charge in [-0.15, -0.1) is 24.0 Å². The molecular weight excluding hydrogens is 542 g/mol. The highest BCUT2D eigenvalue weighted by Gasteiger charge is 2.11. The second kappa shape index (κ2) is 13.6. The van der Waals surface area contributed by atoms with Crippen LogP contribution < -0.4 is 15.5 Å². The van der Waals surface area contributed by atoms with Gasteiger partial charge >= 0.3 is 0 Å². The van der Waals surface area contributed by atoms with Crippen LogP contribution in [-0.4, -0.2) is 47.8 Å². The third kappa shape index (κ3) is 10.2. The molecule has 0 aliphatic heterocycles. The van der Waals surface area contributed by atoms with Crippen molar-refractivity contribution in [2.75, 3.05) is 38.3 Å². The number of sulfone groups is 1. The van der Waals surface area contributed by atoms with Crippen LogP contribution in [0, 0.1) is 5.82 Å². The second-order valence-corrected chi connectivity index (χ2v) is 9.91. The fraction of sp³-hybridized carbons (Fsp3) is 0.435. The van der Waals surface area contributed by atoms with Gasteiger partial charge in [-0.1, -0.05) is 18.2 Å². The van der Waals surface area contributed by atoms with E-state index in [1.54, 1.807) is 0 Å². The van der Waals surface area contributed by atoms with E-state index in [1.807, 2.05) is 21.0 Å². The first-order valence-electron chi connectivity index (χ1n) is 10.4. The van der Waals surface area contributed by atoms with Crippen molar-refractivity contribution in [1.29, 1.82) is 0 Å². The molecule has 2 aromatic rings. The summed E-state index contributed by atoms with van der Waals surface area (Å²) in [5.74, 6) is 0.0926. The summed E-state index contributed by atoms with van der Waals surface area (Å²) in [7, 11) is 0.827. The molecule has 0 unspecified atom stereocenters. The highest BCUT2D eigenvalue weighted by atomic mass is 127. The van der Waals surface area contributed by atoms with E-state index in [0.29, 0.717) is 23.6 Å². The Morgan fingerprint density at radius 2 is 1.75 bits per heavy atom. The zero-order chi connectivity index (χ0) is 22.9. The summed E-state index contributed by atoms with van der Waals surface area (Å²) in [5.41, 5.74) is 3.60. The number of anilines is 1. The van der Waals surface area contributed by atoms with Gasteiger partial charge in [-0.25, -0.2) is 17.8 Å². The third-order valence-corrected chi connectivity index (χ3v) is 5.56. The van der Waals surface area contributed by atoms with Gasteiger partial charge in [0.15, 0.2) is 15.8 Å². The highest BCUT2D eigenvalue weighted by Crippen LogP contribution is 2.16. The van der Waals surface area contributed by atoms with Crippen LogP contribution in [-0.2, 0) is 28.6 Å². The Hall–Kier alpha value is -1.88. The molecule has 178 valence electrons. The molecule has 0 saturated heterocycles. The Morgan fingerprint density at radius 3 is 2.34 bits per heavy atom. The molecule has 0 aliphatic rings. The lowest BCUT2D eigenvalue weighted by atomic mass is 10.1. The predicted molar refractivity (Wildman–Crippen MR) is 142 cm³/mol. The molecule has 2 rings (SSSR count). The van der Waals surface area contributed by atoms with E-state index in [1.165, 1.54) is 35.7 Å². The number of rotatable bonds is 10. The van der Waals surface area contributed by atoms with Gasteiger partial charge in [-0.3, -0.25) is 0 Å². The van der Waals surface area contributed by atoms with Gasteiger partial charge in [0.1, 0.15) is 5.82 Å². The fourth-order valence-corrected chi connectivity index (χ4v) is 3.98. The normalized spacial score (nSPS) is 11.6. The summed E-state index contributed by atoms with van der Waals surface area (Å²) >= 11 is 0. The maximum Gasteiger partial charge on any atom is 0.191 e. The number of aliphatic imine (C=N–C) groups is 1. The van der Waals surface area contributed by atoms with E-state index in [2.05, 4.69) is 44.8 Å². The summed E-state index contributed by atoms with van der Waals surface area (Å²) in [4.78, 5) is 6.59. The standard InChI is InChI=1S/C23H33FN4O2S.HI/c1-5-25-23(26-14-6-7-18-8-12-22(13-9-18)28(2)3)27-16-20-15-21(24)11-10-19(20)17-31(4,29)30;/h8-13,15H,5-7,14,16-17H2,1-4H3,(H2,25,26,27);1H. The Labute approximate surface area is 208 Å². The molecule has 0 bridgehead atoms. The van der Waals surface area contributed by atoms with Gasteiger partial charge in [0, 0.05) is 39.1 Å². The molecule has 0 fully saturated rings. The topological polar surface area (TPSA) is 73.8 Å². The number of aryl methyl sites for hydroxylation is 1. The van der Waals surface area contributed by atoms with Crippen molar-refractivity contribution in [1.82, 2.24) is 10.6 Å². The molecule has 0 aliphatic carbocycles. The Bertz CT molecular complexity index is 980. The molecule has 9 heteroatoms. The molecular formula is C23H34FIN4O2S. The number of benzene rings is 2. The molecule has 6 nitrogen and oxygen atoms in total. The summed E-state index contributed by atoms with van der Waals surface area (Å²) in [6.07, 6.45) is 3.05. The minimum atomic E-state index is -3.22. The molecule has 0 aromatic heterocycles. The first-order valence-corrected chi connectivity index (χ1v) is 12.5. The van der Waals surface area contributed by atoms with Gasteiger partial charge in [-0.05, 0) is 60.7 Å². The molecule has 0 spiro atoms. The predicted octanol–water partition coefficient (Wildman–Crippen LogP) is 3.74. The van der Waals surface area contributed by atoms with Crippen LogP contribution in [0.1, 0.15) is 30.0 Å². The minimum Gasteiger partial charge on any atom is -0.378 e. The smallest absolute Gasteiger partial charge is 0.191 e. The third-order valence-electron chi connectivity index (χ3n) is 4.73. The van der Waals surface area contributed by atoms with E-state index in [-0.39, 0.29) is 36.3 Å². The molecule has 32 heavy (non-hydrogen) atoms. The van der Waals surface area contributed by atoms with Crippen molar-refractivity contribution in [3.05, 3.63) is 65.0 Å². The average molecular weight is 577 g/mol. The van der Waals surface area contributed by atoms with Crippen molar-refractivity contribution in [3.8, 4) is 0 Å². The van der Waals surface area contributed by atoms with Crippen LogP contribution in [0.25, 0.3) is 0 Å². The zero-order valence-electron chi connectivity index (χ0n) is 19.2. The van der Waals surface area contributed by atoms with Crippen molar-refractivity contribution < 1.29 is 12.8 Å². The van der Waals surface area contributed by atoms with Gasteiger partial charge in [0.05, 0.1) is 12.3 Å². The number of hydrogen-bond donors (Lipinski definition) is 2. The van der Waals surface area contributed by atoms with Gasteiger partial charge in [0.25, 0.3) is 0 Å². The maximum absolute atomic E-state index is 13.7. The quantitative estimate of drug-likeness (QED) is 0.195. The molecule has 0 amide bonds. The second-order valence-electron chi connectivity index (χ2n) is 7.77. The lowest BCUT2D eigenvalue weighted by Gasteiger charge is -2.14. The molecule has 2 N–H and O–H groups in total. The SMILES string of the molecule is CCNC(=NCc1cc(F)ccc1CS(C)(=O)=O)NCCCc1ccc(N(C)C)cc1.I. The van der Waals surface area contributed by atoms with Crippen LogP contribution >= 0.6 is 24.0 Å². The molecule has 0 heterocycles. The van der Waals surface area contributed by atoms with E-state index < -0.39 is 15.7 Å². The van der Waals surface area contributed by atoms with Crippen LogP contribution in [0.2, 0.25) is 0 Å². The number of nitrogens with zero attached hydrogens (tertiary/aromatic N) is 2. The van der Waals surface area contributed by atoms with E-state index in [4.69, 9.17) is 0 Å². The molecule has 2 aromatic carbocycles. The van der Waals surface area contributed by atoms with E-state index >= 15 is 0 Å². The number of halogens is 2. The summed E-state index contributed by atoms with van der Waals surface area (Å²) in [6, 6.07) is 12.7. The molecule has 0 radical (unpaired) electrons. The first-order chi connectivity index (χ1) is 14.7. The van der Waals surface area contributed by atoms with Crippen LogP contribution in [0.15, 0.2) is 47.5 Å². The largest absolute Gasteiger partial charge is 0.378 e. The maximum atomic E-state index is 13.7. The molecule has 0 atom stereocenters. The molecule has 0 saturated carbocycles. The van der Waals surface area contributed by atoms with Gasteiger partial charge in [0.2, 0.25) is 0 Å². The van der Waals surface area contributed by atoms with E-state index in [0.717, 1.165) is 19.4 Å². The van der Waals surface area contributed by atoms with Crippen molar-refractivity contribution in [2.45, 2.75) is 32.1 Å². The van der Waals surface area contributed by atoms with Crippen molar-refractivity contribution in [3.63, 3.8) is 0 Å². The summed E-state index contributed by atoms with van der Waals surface area (Å²) in [6.45, 7) is 3.60. The Kier molecular flexibility index (Phi) is 12.0. The highest BCUT2D eigenvalue weighted by molar-refractivity contribution is 14.0. The monoisotopic (exact) mass is 576 g/mol. The number of nitrogens with one attached hydrogen (secondary N) is 2. The van der Waals surface area contributed by atoms with E-state index in [9.17, 15) is 12.8 Å². The number of guanidine groups is 1. The fourth-order valence-electron chi connectivity index (χ4n) is 3.13. The number of hydrogen-bond acceptors (Lipinski definition) is 4. The zero-order valence-corrected chi connectivity index (χ0v) is 22.3. The van der Waals surface area contributed by atoms with Gasteiger partial charge < -0.3 is 15.5 Å². The summed E-state index contributed by atoms with van der Waals surface area (Å²) < 4.78 is 37.0. The lowest BCUT2D eigenvalue weighted by molar-refractivity contribution is 0.600. The average Bonchev–Trinajstić information content (AvgIpc) is 2.70. The lowest BCUT2D eigenvalue weighted by Crippen LogP contribution is -2.37.